The molecule has 1 nitrogen and oxygen atoms in total. The SMILES string of the molecule is FC(F)c1ncc(I)c(Br)c1I. The molecule has 0 aromatic carbocycles. The number of rotatable bonds is 1. The van der Waals surface area contributed by atoms with Crippen molar-refractivity contribution in [1.82, 2.24) is 4.98 Å². The van der Waals surface area contributed by atoms with E-state index < -0.39 is 6.43 Å². The quantitative estimate of drug-likeness (QED) is 0.579. The molecule has 66 valence electrons. The van der Waals surface area contributed by atoms with E-state index in [4.69, 9.17) is 0 Å². The van der Waals surface area contributed by atoms with Gasteiger partial charge in [-0.3, -0.25) is 4.98 Å². The Kier molecular flexibility index (Phi) is 4.09. The van der Waals surface area contributed by atoms with Gasteiger partial charge in [0.1, 0.15) is 5.69 Å². The van der Waals surface area contributed by atoms with Gasteiger partial charge in [0.2, 0.25) is 0 Å². The second-order valence-corrected chi connectivity index (χ2v) is 4.95. The summed E-state index contributed by atoms with van der Waals surface area (Å²) in [5, 5.41) is 0. The fraction of sp³-hybridized carbons (Fsp3) is 0.167. The highest BCUT2D eigenvalue weighted by Gasteiger charge is 2.16. The summed E-state index contributed by atoms with van der Waals surface area (Å²) in [4.78, 5) is 3.64. The Morgan fingerprint density at radius 3 is 2.50 bits per heavy atom. The van der Waals surface area contributed by atoms with Gasteiger partial charge >= 0.3 is 0 Å². The van der Waals surface area contributed by atoms with Gasteiger partial charge in [0.15, 0.2) is 0 Å². The second-order valence-electron chi connectivity index (χ2n) is 1.92. The molecule has 0 unspecified atom stereocenters. The molecule has 0 aliphatic carbocycles. The van der Waals surface area contributed by atoms with Crippen LogP contribution in [0.1, 0.15) is 12.1 Å². The van der Waals surface area contributed by atoms with Gasteiger partial charge in [-0.05, 0) is 61.1 Å². The minimum absolute atomic E-state index is 0.164. The van der Waals surface area contributed by atoms with Crippen molar-refractivity contribution in [3.05, 3.63) is 23.5 Å². The molecule has 0 radical (unpaired) electrons. The number of pyridine rings is 1. The lowest BCUT2D eigenvalue weighted by molar-refractivity contribution is 0.145. The minimum Gasteiger partial charge on any atom is -0.253 e. The Morgan fingerprint density at radius 2 is 2.00 bits per heavy atom. The molecule has 1 rings (SSSR count). The number of halogens is 5. The first-order valence-corrected chi connectivity index (χ1v) is 5.76. The number of hydrogen-bond donors (Lipinski definition) is 0. The average molecular weight is 460 g/mol. The van der Waals surface area contributed by atoms with E-state index in [1.807, 2.05) is 45.2 Å². The summed E-state index contributed by atoms with van der Waals surface area (Å²) < 4.78 is 26.5. The molecule has 0 fully saturated rings. The highest BCUT2D eigenvalue weighted by atomic mass is 127. The van der Waals surface area contributed by atoms with Crippen LogP contribution >= 0.6 is 61.1 Å². The first-order valence-electron chi connectivity index (χ1n) is 2.81. The van der Waals surface area contributed by atoms with Gasteiger partial charge in [-0.2, -0.15) is 0 Å². The lowest BCUT2D eigenvalue weighted by atomic mass is 10.4. The van der Waals surface area contributed by atoms with Crippen LogP contribution in [0, 0.1) is 7.14 Å². The maximum absolute atomic E-state index is 12.2. The largest absolute Gasteiger partial charge is 0.281 e. The maximum atomic E-state index is 12.2. The maximum Gasteiger partial charge on any atom is 0.281 e. The van der Waals surface area contributed by atoms with Gasteiger partial charge < -0.3 is 0 Å². The van der Waals surface area contributed by atoms with E-state index in [1.54, 1.807) is 0 Å². The number of hydrogen-bond acceptors (Lipinski definition) is 1. The van der Waals surface area contributed by atoms with Crippen LogP contribution in [-0.2, 0) is 0 Å². The fourth-order valence-corrected chi connectivity index (χ4v) is 2.50. The first-order chi connectivity index (χ1) is 5.54. The Bertz CT molecular complexity index is 306. The van der Waals surface area contributed by atoms with Crippen LogP contribution in [0.4, 0.5) is 8.78 Å². The zero-order chi connectivity index (χ0) is 9.30. The van der Waals surface area contributed by atoms with Crippen molar-refractivity contribution in [3.63, 3.8) is 0 Å². The minimum atomic E-state index is -2.51. The topological polar surface area (TPSA) is 12.9 Å². The Morgan fingerprint density at radius 1 is 1.42 bits per heavy atom. The third-order valence-corrected chi connectivity index (χ3v) is 5.37. The highest BCUT2D eigenvalue weighted by Crippen LogP contribution is 2.30. The van der Waals surface area contributed by atoms with Crippen molar-refractivity contribution in [3.8, 4) is 0 Å². The van der Waals surface area contributed by atoms with Crippen molar-refractivity contribution in [2.75, 3.05) is 0 Å². The van der Waals surface area contributed by atoms with Crippen molar-refractivity contribution in [2.45, 2.75) is 6.43 Å². The van der Waals surface area contributed by atoms with Crippen LogP contribution in [0.2, 0.25) is 0 Å². The summed E-state index contributed by atoms with van der Waals surface area (Å²) in [6.45, 7) is 0. The monoisotopic (exact) mass is 459 g/mol. The molecule has 1 aromatic rings. The molecule has 1 heterocycles. The molecule has 0 aliphatic heterocycles. The van der Waals surface area contributed by atoms with E-state index >= 15 is 0 Å². The van der Waals surface area contributed by atoms with E-state index in [0.29, 0.717) is 8.04 Å². The van der Waals surface area contributed by atoms with Crippen LogP contribution in [0.15, 0.2) is 10.7 Å². The molecule has 1 aromatic heterocycles. The third-order valence-electron chi connectivity index (χ3n) is 1.15. The molecule has 6 heteroatoms. The van der Waals surface area contributed by atoms with E-state index in [-0.39, 0.29) is 5.69 Å². The standard InChI is InChI=1S/C6H2BrF2I2N/c7-3-2(10)1-12-5(4(3)11)6(8)9/h1,6H. The normalized spacial score (nSPS) is 10.8. The lowest BCUT2D eigenvalue weighted by Crippen LogP contribution is -1.96. The molecule has 0 N–H and O–H groups in total. The smallest absolute Gasteiger partial charge is 0.253 e. The molecule has 0 spiro atoms. The fourth-order valence-electron chi connectivity index (χ4n) is 0.609. The number of aromatic nitrogens is 1. The Hall–Kier alpha value is 0.950. The molecule has 0 saturated heterocycles. The van der Waals surface area contributed by atoms with Gasteiger partial charge in [-0.25, -0.2) is 8.78 Å². The highest BCUT2D eigenvalue weighted by molar-refractivity contribution is 14.1. The van der Waals surface area contributed by atoms with Crippen LogP contribution in [0.25, 0.3) is 0 Å². The summed E-state index contributed by atoms with van der Waals surface area (Å²) in [6.07, 6.45) is -1.08. The zero-order valence-corrected chi connectivity index (χ0v) is 11.4. The van der Waals surface area contributed by atoms with Gasteiger partial charge in [0, 0.05) is 14.2 Å². The number of alkyl halides is 2. The second kappa shape index (κ2) is 4.45. The van der Waals surface area contributed by atoms with Crippen molar-refractivity contribution in [2.24, 2.45) is 0 Å². The summed E-state index contributed by atoms with van der Waals surface area (Å²) in [6, 6.07) is 0. The van der Waals surface area contributed by atoms with E-state index in [2.05, 4.69) is 20.9 Å². The summed E-state index contributed by atoms with van der Waals surface area (Å²) in [7, 11) is 0. The Balaban J connectivity index is 3.27. The van der Waals surface area contributed by atoms with Crippen LogP contribution in [-0.4, -0.2) is 4.98 Å². The Labute approximate surface area is 104 Å². The third kappa shape index (κ3) is 2.25. The molecule has 12 heavy (non-hydrogen) atoms. The van der Waals surface area contributed by atoms with Gasteiger partial charge in [0.05, 0.1) is 3.57 Å². The molecule has 0 saturated carbocycles. The van der Waals surface area contributed by atoms with Crippen LogP contribution in [0.3, 0.4) is 0 Å². The van der Waals surface area contributed by atoms with E-state index in [9.17, 15) is 8.78 Å². The lowest BCUT2D eigenvalue weighted by Gasteiger charge is -2.04. The summed E-state index contributed by atoms with van der Waals surface area (Å²) >= 11 is 7.09. The van der Waals surface area contributed by atoms with Crippen LogP contribution in [0.5, 0.6) is 0 Å². The van der Waals surface area contributed by atoms with E-state index in [0.717, 1.165) is 3.57 Å². The predicted octanol–water partition coefficient (Wildman–Crippen LogP) is 3.99. The van der Waals surface area contributed by atoms with Crippen molar-refractivity contribution < 1.29 is 8.78 Å². The molecular formula is C6H2BrF2I2N. The van der Waals surface area contributed by atoms with E-state index in [1.165, 1.54) is 6.20 Å². The molecular weight excluding hydrogens is 458 g/mol. The first kappa shape index (κ1) is 11.0. The van der Waals surface area contributed by atoms with Crippen LogP contribution < -0.4 is 0 Å². The predicted molar refractivity (Wildman–Crippen MR) is 62.3 cm³/mol. The summed E-state index contributed by atoms with van der Waals surface area (Å²) in [5.74, 6) is 0. The number of nitrogens with zero attached hydrogens (tertiary/aromatic N) is 1. The molecule has 0 bridgehead atoms. The van der Waals surface area contributed by atoms with Gasteiger partial charge in [0.25, 0.3) is 6.43 Å². The molecule has 0 amide bonds. The van der Waals surface area contributed by atoms with Gasteiger partial charge in [-0.15, -0.1) is 0 Å². The van der Waals surface area contributed by atoms with Gasteiger partial charge in [-0.1, -0.05) is 0 Å². The average Bonchev–Trinajstić information content (AvgIpc) is 2.00. The summed E-state index contributed by atoms with van der Waals surface area (Å²) in [5.41, 5.74) is -0.164. The van der Waals surface area contributed by atoms with Crippen molar-refractivity contribution >= 4 is 61.1 Å². The molecule has 0 atom stereocenters. The van der Waals surface area contributed by atoms with Crippen molar-refractivity contribution in [1.29, 1.82) is 0 Å². The zero-order valence-electron chi connectivity index (χ0n) is 5.49. The molecule has 0 aliphatic rings.